The van der Waals surface area contributed by atoms with E-state index in [1.807, 2.05) is 60.7 Å². The number of hydrogen-bond acceptors (Lipinski definition) is 3. The molecule has 0 saturated carbocycles. The average Bonchev–Trinajstić information content (AvgIpc) is 3.09. The Morgan fingerprint density at radius 2 is 1.31 bits per heavy atom. The van der Waals surface area contributed by atoms with E-state index in [0.29, 0.717) is 10.5 Å². The number of rotatable bonds is 2. The van der Waals surface area contributed by atoms with Gasteiger partial charge in [-0.25, -0.2) is 4.79 Å². The Morgan fingerprint density at radius 1 is 0.692 bits per heavy atom. The van der Waals surface area contributed by atoms with Gasteiger partial charge in [0.1, 0.15) is 10.5 Å². The first-order valence-electron chi connectivity index (χ1n) is 8.42. The van der Waals surface area contributed by atoms with Crippen molar-refractivity contribution >= 4 is 31.5 Å². The smallest absolute Gasteiger partial charge is 0.354 e. The number of hydrogen-bond donors (Lipinski definition) is 0. The first-order chi connectivity index (χ1) is 12.8. The van der Waals surface area contributed by atoms with Crippen LogP contribution in [-0.2, 0) is 0 Å². The van der Waals surface area contributed by atoms with E-state index >= 15 is 0 Å². The summed E-state index contributed by atoms with van der Waals surface area (Å²) in [5, 5.41) is 2.07. The molecule has 0 amide bonds. The van der Waals surface area contributed by atoms with Crippen LogP contribution in [0.5, 0.6) is 0 Å². The second kappa shape index (κ2) is 5.97. The van der Waals surface area contributed by atoms with Gasteiger partial charge in [0.15, 0.2) is 0 Å². The molecule has 0 saturated heterocycles. The fourth-order valence-corrected chi connectivity index (χ4v) is 4.50. The topological polar surface area (TPSA) is 30.2 Å². The maximum absolute atomic E-state index is 12.8. The molecule has 0 atom stereocenters. The van der Waals surface area contributed by atoms with Crippen molar-refractivity contribution in [2.75, 3.05) is 0 Å². The summed E-state index contributed by atoms with van der Waals surface area (Å²) in [5.74, 6) is 0.623. The molecule has 3 heteroatoms. The lowest BCUT2D eigenvalue weighted by Crippen LogP contribution is -2.00. The van der Waals surface area contributed by atoms with Crippen LogP contribution in [0.2, 0.25) is 0 Å². The number of fused-ring (bicyclic) bond motifs is 3. The molecule has 26 heavy (non-hydrogen) atoms. The molecule has 2 nitrogen and oxygen atoms in total. The van der Waals surface area contributed by atoms with E-state index in [4.69, 9.17) is 4.42 Å². The highest BCUT2D eigenvalue weighted by Gasteiger charge is 2.20. The molecule has 2 aromatic heterocycles. The van der Waals surface area contributed by atoms with Crippen LogP contribution in [-0.4, -0.2) is 0 Å². The molecule has 3 aromatic carbocycles. The van der Waals surface area contributed by atoms with Gasteiger partial charge in [0.25, 0.3) is 0 Å². The number of thiophene rings is 1. The van der Waals surface area contributed by atoms with Gasteiger partial charge in [-0.2, -0.15) is 0 Å². The molecule has 0 radical (unpaired) electrons. The van der Waals surface area contributed by atoms with E-state index in [1.54, 1.807) is 0 Å². The van der Waals surface area contributed by atoms with Gasteiger partial charge < -0.3 is 4.42 Å². The summed E-state index contributed by atoms with van der Waals surface area (Å²) in [6.45, 7) is 0. The van der Waals surface area contributed by atoms with Crippen LogP contribution in [0.25, 0.3) is 42.6 Å². The van der Waals surface area contributed by atoms with E-state index in [0.717, 1.165) is 32.2 Å². The predicted octanol–water partition coefficient (Wildman–Crippen LogP) is 6.34. The fourth-order valence-electron chi connectivity index (χ4n) is 3.41. The zero-order valence-corrected chi connectivity index (χ0v) is 14.6. The molecular weight excluding hydrogens is 340 g/mol. The van der Waals surface area contributed by atoms with Gasteiger partial charge in [-0.15, -0.1) is 11.3 Å². The molecule has 0 aliphatic carbocycles. The van der Waals surface area contributed by atoms with Crippen LogP contribution in [0.1, 0.15) is 0 Å². The van der Waals surface area contributed by atoms with E-state index in [1.165, 1.54) is 11.3 Å². The standard InChI is InChI=1S/C23H14O2S/c24-23-22-20(17-13-7-8-14-18(17)26-22)19(15-9-3-1-4-10-15)21(25-23)16-11-5-2-6-12-16/h1-14H. The van der Waals surface area contributed by atoms with Crippen LogP contribution < -0.4 is 5.63 Å². The summed E-state index contributed by atoms with van der Waals surface area (Å²) < 4.78 is 7.61. The highest BCUT2D eigenvalue weighted by molar-refractivity contribution is 7.25. The number of benzene rings is 3. The van der Waals surface area contributed by atoms with Gasteiger partial charge in [0.2, 0.25) is 0 Å². The Bertz CT molecular complexity index is 1280. The summed E-state index contributed by atoms with van der Waals surface area (Å²) >= 11 is 1.49. The van der Waals surface area contributed by atoms with Gasteiger partial charge in [-0.05, 0) is 11.6 Å². The quantitative estimate of drug-likeness (QED) is 0.370. The maximum Gasteiger partial charge on any atom is 0.354 e. The lowest BCUT2D eigenvalue weighted by molar-refractivity contribution is 0.537. The van der Waals surface area contributed by atoms with Crippen molar-refractivity contribution in [3.05, 3.63) is 95.3 Å². The van der Waals surface area contributed by atoms with E-state index in [2.05, 4.69) is 24.3 Å². The summed E-state index contributed by atoms with van der Waals surface area (Å²) in [5.41, 5.74) is 2.65. The normalized spacial score (nSPS) is 11.2. The van der Waals surface area contributed by atoms with E-state index in [-0.39, 0.29) is 5.63 Å². The van der Waals surface area contributed by atoms with Gasteiger partial charge in [-0.3, -0.25) is 0 Å². The van der Waals surface area contributed by atoms with E-state index < -0.39 is 0 Å². The molecule has 0 fully saturated rings. The first kappa shape index (κ1) is 15.1. The molecule has 0 aliphatic heterocycles. The first-order valence-corrected chi connectivity index (χ1v) is 9.24. The summed E-state index contributed by atoms with van der Waals surface area (Å²) in [6.07, 6.45) is 0. The fraction of sp³-hybridized carbons (Fsp3) is 0. The minimum absolute atomic E-state index is 0.278. The lowest BCUT2D eigenvalue weighted by atomic mass is 9.96. The van der Waals surface area contributed by atoms with Crippen molar-refractivity contribution in [2.24, 2.45) is 0 Å². The molecule has 124 valence electrons. The molecule has 0 N–H and O–H groups in total. The van der Waals surface area contributed by atoms with Crippen LogP contribution in [0.3, 0.4) is 0 Å². The third kappa shape index (κ3) is 2.29. The van der Waals surface area contributed by atoms with Crippen LogP contribution in [0, 0.1) is 0 Å². The molecular formula is C23H14O2S. The summed E-state index contributed by atoms with van der Waals surface area (Å²) in [7, 11) is 0. The zero-order valence-electron chi connectivity index (χ0n) is 13.8. The van der Waals surface area contributed by atoms with Gasteiger partial charge in [0.05, 0.1) is 0 Å². The molecule has 0 unspecified atom stereocenters. The molecule has 0 spiro atoms. The molecule has 5 aromatic rings. The Hall–Kier alpha value is -3.17. The van der Waals surface area contributed by atoms with Gasteiger partial charge in [-0.1, -0.05) is 78.9 Å². The Morgan fingerprint density at radius 3 is 2.04 bits per heavy atom. The Labute approximate surface area is 154 Å². The van der Waals surface area contributed by atoms with Crippen molar-refractivity contribution in [1.82, 2.24) is 0 Å². The Balaban J connectivity index is 2.02. The summed E-state index contributed by atoms with van der Waals surface area (Å²) in [4.78, 5) is 12.8. The van der Waals surface area contributed by atoms with Gasteiger partial charge >= 0.3 is 5.63 Å². The lowest BCUT2D eigenvalue weighted by Gasteiger charge is -2.10. The summed E-state index contributed by atoms with van der Waals surface area (Å²) in [6, 6.07) is 28.1. The zero-order chi connectivity index (χ0) is 17.5. The van der Waals surface area contributed by atoms with Crippen molar-refractivity contribution in [2.45, 2.75) is 0 Å². The average molecular weight is 354 g/mol. The van der Waals surface area contributed by atoms with Crippen molar-refractivity contribution in [3.8, 4) is 22.5 Å². The second-order valence-corrected chi connectivity index (χ2v) is 7.18. The molecule has 0 aliphatic rings. The van der Waals surface area contributed by atoms with Crippen LogP contribution in [0.15, 0.2) is 94.1 Å². The van der Waals surface area contributed by atoms with Crippen molar-refractivity contribution < 1.29 is 4.42 Å². The maximum atomic E-state index is 12.8. The monoisotopic (exact) mass is 354 g/mol. The largest absolute Gasteiger partial charge is 0.421 e. The van der Waals surface area contributed by atoms with E-state index in [9.17, 15) is 4.79 Å². The highest BCUT2D eigenvalue weighted by Crippen LogP contribution is 2.42. The van der Waals surface area contributed by atoms with Crippen molar-refractivity contribution in [3.63, 3.8) is 0 Å². The van der Waals surface area contributed by atoms with Crippen LogP contribution >= 0.6 is 11.3 Å². The molecule has 5 rings (SSSR count). The third-order valence-electron chi connectivity index (χ3n) is 4.55. The molecule has 2 heterocycles. The minimum Gasteiger partial charge on any atom is -0.421 e. The predicted molar refractivity (Wildman–Crippen MR) is 109 cm³/mol. The SMILES string of the molecule is O=c1oc(-c2ccccc2)c(-c2ccccc2)c2c1sc1ccccc12. The molecule has 0 bridgehead atoms. The Kier molecular flexibility index (Phi) is 3.47. The highest BCUT2D eigenvalue weighted by atomic mass is 32.1. The van der Waals surface area contributed by atoms with Crippen molar-refractivity contribution in [1.29, 1.82) is 0 Å². The van der Waals surface area contributed by atoms with Gasteiger partial charge in [0, 0.05) is 26.6 Å². The van der Waals surface area contributed by atoms with Crippen LogP contribution in [0.4, 0.5) is 0 Å². The third-order valence-corrected chi connectivity index (χ3v) is 5.70. The minimum atomic E-state index is -0.278. The second-order valence-electron chi connectivity index (χ2n) is 6.13.